The lowest BCUT2D eigenvalue weighted by Crippen LogP contribution is -2.53. The van der Waals surface area contributed by atoms with Gasteiger partial charge in [-0.05, 0) is 68.5 Å². The highest BCUT2D eigenvalue weighted by Gasteiger charge is 2.34. The first kappa shape index (κ1) is 32.2. The molecule has 3 aromatic rings. The number of rotatable bonds is 13. The molecular weight excluding hydrogens is 558 g/mol. The highest BCUT2D eigenvalue weighted by atomic mass is 35.5. The number of hydrogen-bond donors (Lipinski definition) is 1. The van der Waals surface area contributed by atoms with Crippen LogP contribution in [-0.2, 0) is 32.6 Å². The van der Waals surface area contributed by atoms with Crippen molar-refractivity contribution in [2.45, 2.75) is 77.4 Å². The fourth-order valence-electron chi connectivity index (χ4n) is 4.57. The van der Waals surface area contributed by atoms with E-state index in [-0.39, 0.29) is 23.4 Å². The quantitative estimate of drug-likeness (QED) is 0.257. The maximum absolute atomic E-state index is 14.2. The van der Waals surface area contributed by atoms with Crippen LogP contribution in [0.4, 0.5) is 5.69 Å². The van der Waals surface area contributed by atoms with Crippen LogP contribution in [0.2, 0.25) is 5.02 Å². The predicted octanol–water partition coefficient (Wildman–Crippen LogP) is 6.13. The number of halogens is 1. The van der Waals surface area contributed by atoms with Crippen LogP contribution in [-0.4, -0.2) is 43.8 Å². The van der Waals surface area contributed by atoms with Gasteiger partial charge in [0.1, 0.15) is 12.6 Å². The minimum Gasteiger partial charge on any atom is -0.352 e. The van der Waals surface area contributed by atoms with Gasteiger partial charge in [-0.1, -0.05) is 86.5 Å². The molecule has 0 radical (unpaired) electrons. The molecule has 0 heterocycles. The number of benzene rings is 3. The summed E-state index contributed by atoms with van der Waals surface area (Å²) in [6.07, 6.45) is 1.65. The molecule has 0 aliphatic heterocycles. The lowest BCUT2D eigenvalue weighted by molar-refractivity contribution is -0.140. The van der Waals surface area contributed by atoms with E-state index in [4.69, 9.17) is 11.6 Å². The molecule has 0 fully saturated rings. The van der Waals surface area contributed by atoms with Gasteiger partial charge in [-0.15, -0.1) is 0 Å². The maximum Gasteiger partial charge on any atom is 0.264 e. The monoisotopic (exact) mass is 597 g/mol. The molecule has 9 heteroatoms. The molecule has 3 rings (SSSR count). The van der Waals surface area contributed by atoms with Gasteiger partial charge in [0, 0.05) is 17.6 Å². The van der Waals surface area contributed by atoms with Crippen molar-refractivity contribution in [3.05, 3.63) is 94.5 Å². The Kier molecular flexibility index (Phi) is 11.4. The molecule has 7 nitrogen and oxygen atoms in total. The van der Waals surface area contributed by atoms with Crippen molar-refractivity contribution in [3.8, 4) is 0 Å². The van der Waals surface area contributed by atoms with Crippen LogP contribution in [0.5, 0.6) is 0 Å². The van der Waals surface area contributed by atoms with Crippen LogP contribution in [0, 0.1) is 6.92 Å². The molecule has 2 amide bonds. The zero-order chi connectivity index (χ0) is 30.2. The van der Waals surface area contributed by atoms with Crippen molar-refractivity contribution in [1.29, 1.82) is 0 Å². The molecule has 2 atom stereocenters. The SMILES string of the molecule is CCc1ccccc1N(CC(=O)N(Cc1ccccc1Cl)C(CC)C(=O)NC(C)CC)S(=O)(=O)c1ccc(C)cc1. The van der Waals surface area contributed by atoms with Gasteiger partial charge >= 0.3 is 0 Å². The second kappa shape index (κ2) is 14.5. The van der Waals surface area contributed by atoms with Crippen molar-refractivity contribution in [3.63, 3.8) is 0 Å². The molecule has 41 heavy (non-hydrogen) atoms. The van der Waals surface area contributed by atoms with E-state index in [0.717, 1.165) is 21.9 Å². The van der Waals surface area contributed by atoms with Gasteiger partial charge < -0.3 is 10.2 Å². The molecule has 0 bridgehead atoms. The summed E-state index contributed by atoms with van der Waals surface area (Å²) in [6.45, 7) is 9.10. The average Bonchev–Trinajstić information content (AvgIpc) is 2.96. The van der Waals surface area contributed by atoms with Gasteiger partial charge in [-0.3, -0.25) is 13.9 Å². The zero-order valence-electron chi connectivity index (χ0n) is 24.4. The van der Waals surface area contributed by atoms with Crippen molar-refractivity contribution >= 4 is 39.1 Å². The molecule has 220 valence electrons. The summed E-state index contributed by atoms with van der Waals surface area (Å²) >= 11 is 6.47. The van der Waals surface area contributed by atoms with Crippen LogP contribution < -0.4 is 9.62 Å². The van der Waals surface area contributed by atoms with Crippen LogP contribution in [0.3, 0.4) is 0 Å². The number of anilines is 1. The third-order valence-corrected chi connectivity index (χ3v) is 9.36. The summed E-state index contributed by atoms with van der Waals surface area (Å²) in [4.78, 5) is 29.2. The number of carbonyl (C=O) groups excluding carboxylic acids is 2. The fraction of sp³-hybridized carbons (Fsp3) is 0.375. The molecule has 0 spiro atoms. The number of para-hydroxylation sites is 1. The van der Waals surface area contributed by atoms with Gasteiger partial charge in [0.2, 0.25) is 11.8 Å². The average molecular weight is 598 g/mol. The number of sulfonamides is 1. The highest BCUT2D eigenvalue weighted by molar-refractivity contribution is 7.92. The number of carbonyl (C=O) groups is 2. The minimum atomic E-state index is -4.13. The van der Waals surface area contributed by atoms with Crippen molar-refractivity contribution in [2.75, 3.05) is 10.8 Å². The maximum atomic E-state index is 14.2. The molecule has 0 saturated heterocycles. The van der Waals surface area contributed by atoms with Crippen molar-refractivity contribution < 1.29 is 18.0 Å². The van der Waals surface area contributed by atoms with Crippen LogP contribution in [0.25, 0.3) is 0 Å². The third-order valence-electron chi connectivity index (χ3n) is 7.21. The van der Waals surface area contributed by atoms with E-state index in [1.807, 2.05) is 52.8 Å². The Hall–Kier alpha value is -3.36. The summed E-state index contributed by atoms with van der Waals surface area (Å²) in [6, 6.07) is 20.0. The zero-order valence-corrected chi connectivity index (χ0v) is 26.0. The second-order valence-electron chi connectivity index (χ2n) is 10.2. The van der Waals surface area contributed by atoms with Crippen LogP contribution >= 0.6 is 11.6 Å². The Bertz CT molecular complexity index is 1440. The number of aryl methyl sites for hydroxylation is 2. The first-order chi connectivity index (χ1) is 19.5. The van der Waals surface area contributed by atoms with Gasteiger partial charge in [0.25, 0.3) is 10.0 Å². The highest BCUT2D eigenvalue weighted by Crippen LogP contribution is 2.29. The van der Waals surface area contributed by atoms with E-state index >= 15 is 0 Å². The number of amides is 2. The number of hydrogen-bond acceptors (Lipinski definition) is 4. The molecular formula is C32H40ClN3O4S. The fourth-order valence-corrected chi connectivity index (χ4v) is 6.22. The summed E-state index contributed by atoms with van der Waals surface area (Å²) in [7, 11) is -4.13. The summed E-state index contributed by atoms with van der Waals surface area (Å²) < 4.78 is 29.4. The molecule has 3 aromatic carbocycles. The smallest absolute Gasteiger partial charge is 0.264 e. The standard InChI is InChI=1S/C32H40ClN3O4S/c1-6-24(5)34-32(38)29(8-3)35(21-26-14-9-11-15-28(26)33)31(37)22-36(30-16-12-10-13-25(30)7-2)41(39,40)27-19-17-23(4)18-20-27/h9-20,24,29H,6-8,21-22H2,1-5H3,(H,34,38). The van der Waals surface area contributed by atoms with Gasteiger partial charge in [0.15, 0.2) is 0 Å². The van der Waals surface area contributed by atoms with E-state index in [1.54, 1.807) is 54.6 Å². The van der Waals surface area contributed by atoms with E-state index in [0.29, 0.717) is 29.1 Å². The first-order valence-corrected chi connectivity index (χ1v) is 15.9. The minimum absolute atomic E-state index is 0.0543. The van der Waals surface area contributed by atoms with Crippen molar-refractivity contribution in [2.24, 2.45) is 0 Å². The van der Waals surface area contributed by atoms with Crippen LogP contribution in [0.1, 0.15) is 57.2 Å². The second-order valence-corrected chi connectivity index (χ2v) is 12.4. The van der Waals surface area contributed by atoms with E-state index in [1.165, 1.54) is 4.90 Å². The van der Waals surface area contributed by atoms with E-state index in [9.17, 15) is 18.0 Å². The normalized spacial score (nSPS) is 12.8. The molecule has 0 aliphatic carbocycles. The molecule has 0 saturated carbocycles. The lowest BCUT2D eigenvalue weighted by atomic mass is 10.1. The Labute approximate surface area is 249 Å². The number of nitrogens with one attached hydrogen (secondary N) is 1. The Morgan fingerprint density at radius 1 is 0.878 bits per heavy atom. The van der Waals surface area contributed by atoms with E-state index < -0.39 is 28.5 Å². The predicted molar refractivity (Wildman–Crippen MR) is 166 cm³/mol. The molecule has 0 aromatic heterocycles. The topological polar surface area (TPSA) is 86.8 Å². The first-order valence-electron chi connectivity index (χ1n) is 14.0. The van der Waals surface area contributed by atoms with Gasteiger partial charge in [-0.2, -0.15) is 0 Å². The summed E-state index contributed by atoms with van der Waals surface area (Å²) in [5.41, 5.74) is 2.80. The summed E-state index contributed by atoms with van der Waals surface area (Å²) in [5, 5.41) is 3.44. The van der Waals surface area contributed by atoms with Gasteiger partial charge in [-0.25, -0.2) is 8.42 Å². The number of nitrogens with zero attached hydrogens (tertiary/aromatic N) is 2. The van der Waals surface area contributed by atoms with Gasteiger partial charge in [0.05, 0.1) is 10.6 Å². The Morgan fingerprint density at radius 3 is 2.07 bits per heavy atom. The largest absolute Gasteiger partial charge is 0.352 e. The lowest BCUT2D eigenvalue weighted by Gasteiger charge is -2.34. The van der Waals surface area contributed by atoms with Crippen molar-refractivity contribution in [1.82, 2.24) is 10.2 Å². The Morgan fingerprint density at radius 2 is 1.49 bits per heavy atom. The third kappa shape index (κ3) is 7.89. The van der Waals surface area contributed by atoms with E-state index in [2.05, 4.69) is 5.32 Å². The van der Waals surface area contributed by atoms with Crippen LogP contribution in [0.15, 0.2) is 77.7 Å². The molecule has 1 N–H and O–H groups in total. The Balaban J connectivity index is 2.11. The molecule has 0 aliphatic rings. The molecule has 2 unspecified atom stereocenters. The summed E-state index contributed by atoms with van der Waals surface area (Å²) in [5.74, 6) is -0.790.